The molecule has 2 heterocycles. The van der Waals surface area contributed by atoms with Crippen LogP contribution in [-0.4, -0.2) is 20.0 Å². The van der Waals surface area contributed by atoms with Gasteiger partial charge in [-0.3, -0.25) is 0 Å². The summed E-state index contributed by atoms with van der Waals surface area (Å²) >= 11 is 1.40. The van der Waals surface area contributed by atoms with Gasteiger partial charge in [-0.2, -0.15) is 5.10 Å². The highest BCUT2D eigenvalue weighted by Gasteiger charge is 2.05. The lowest BCUT2D eigenvalue weighted by molar-refractivity contribution is 0.507. The van der Waals surface area contributed by atoms with E-state index >= 15 is 0 Å². The van der Waals surface area contributed by atoms with Crippen molar-refractivity contribution in [3.63, 3.8) is 0 Å². The monoisotopic (exact) mass is 304 g/mol. The van der Waals surface area contributed by atoms with E-state index in [0.717, 1.165) is 6.07 Å². The Hall–Kier alpha value is -2.28. The van der Waals surface area contributed by atoms with Crippen LogP contribution in [0.3, 0.4) is 0 Å². The molecule has 0 aliphatic carbocycles. The Bertz CT molecular complexity index is 729. The van der Waals surface area contributed by atoms with Crippen molar-refractivity contribution in [1.29, 1.82) is 0 Å². The minimum absolute atomic E-state index is 0.493. The number of rotatable bonds is 4. The number of benzene rings is 1. The van der Waals surface area contributed by atoms with Gasteiger partial charge >= 0.3 is 0 Å². The van der Waals surface area contributed by atoms with Crippen molar-refractivity contribution in [3.05, 3.63) is 66.0 Å². The van der Waals surface area contributed by atoms with E-state index in [0.29, 0.717) is 22.2 Å². The Morgan fingerprint density at radius 2 is 1.95 bits per heavy atom. The molecule has 106 valence electrons. The van der Waals surface area contributed by atoms with Gasteiger partial charge in [-0.15, -0.1) is 10.2 Å². The van der Waals surface area contributed by atoms with Crippen molar-refractivity contribution < 1.29 is 8.78 Å². The molecule has 0 aliphatic heterocycles. The van der Waals surface area contributed by atoms with Crippen LogP contribution < -0.4 is 0 Å². The van der Waals surface area contributed by atoms with E-state index in [-0.39, 0.29) is 0 Å². The maximum Gasteiger partial charge on any atom is 0.175 e. The van der Waals surface area contributed by atoms with Crippen LogP contribution in [0.5, 0.6) is 0 Å². The van der Waals surface area contributed by atoms with Crippen molar-refractivity contribution in [3.8, 4) is 5.82 Å². The Kier molecular flexibility index (Phi) is 3.92. The van der Waals surface area contributed by atoms with Crippen LogP contribution in [0.25, 0.3) is 5.82 Å². The lowest BCUT2D eigenvalue weighted by atomic mass is 10.2. The molecule has 1 aromatic carbocycles. The molecular formula is C14H10F2N4S. The number of aromatic nitrogens is 4. The van der Waals surface area contributed by atoms with E-state index in [2.05, 4.69) is 15.3 Å². The zero-order chi connectivity index (χ0) is 14.7. The molecule has 0 unspecified atom stereocenters. The number of hydrogen-bond donors (Lipinski definition) is 0. The Morgan fingerprint density at radius 3 is 2.62 bits per heavy atom. The fraction of sp³-hybridized carbons (Fsp3) is 0.0714. The van der Waals surface area contributed by atoms with E-state index in [1.165, 1.54) is 17.8 Å². The first-order valence-corrected chi connectivity index (χ1v) is 7.11. The molecule has 0 saturated heterocycles. The fourth-order valence-corrected chi connectivity index (χ4v) is 2.46. The van der Waals surface area contributed by atoms with Crippen molar-refractivity contribution in [2.75, 3.05) is 0 Å². The van der Waals surface area contributed by atoms with Gasteiger partial charge in [-0.25, -0.2) is 13.5 Å². The molecule has 0 aliphatic rings. The summed E-state index contributed by atoms with van der Waals surface area (Å²) in [5.74, 6) is -0.565. The van der Waals surface area contributed by atoms with Crippen molar-refractivity contribution in [2.45, 2.75) is 10.8 Å². The third kappa shape index (κ3) is 3.25. The third-order valence-electron chi connectivity index (χ3n) is 2.74. The molecule has 0 radical (unpaired) electrons. The third-order valence-corrected chi connectivity index (χ3v) is 3.73. The summed E-state index contributed by atoms with van der Waals surface area (Å²) in [6.07, 6.45) is 3.44. The molecule has 0 N–H and O–H groups in total. The maximum atomic E-state index is 13.1. The summed E-state index contributed by atoms with van der Waals surface area (Å²) in [5, 5.41) is 12.9. The number of halogens is 2. The first-order chi connectivity index (χ1) is 10.2. The van der Waals surface area contributed by atoms with Gasteiger partial charge in [0, 0.05) is 18.1 Å². The standard InChI is InChI=1S/C14H10F2N4S/c15-11-3-2-10(8-12(11)16)9-21-14-5-4-13(18-19-14)20-7-1-6-17-20/h1-8H,9H2. The van der Waals surface area contributed by atoms with E-state index < -0.39 is 11.6 Å². The summed E-state index contributed by atoms with van der Waals surface area (Å²) in [4.78, 5) is 0. The zero-order valence-electron chi connectivity index (χ0n) is 10.8. The average molecular weight is 304 g/mol. The second kappa shape index (κ2) is 6.01. The van der Waals surface area contributed by atoms with Gasteiger partial charge in [0.1, 0.15) is 5.03 Å². The van der Waals surface area contributed by atoms with Crippen molar-refractivity contribution in [1.82, 2.24) is 20.0 Å². The summed E-state index contributed by atoms with van der Waals surface area (Å²) in [6, 6.07) is 9.28. The minimum Gasteiger partial charge on any atom is -0.221 e. The van der Waals surface area contributed by atoms with E-state index in [1.54, 1.807) is 35.3 Å². The minimum atomic E-state index is -0.841. The molecule has 2 aromatic heterocycles. The molecule has 4 nitrogen and oxygen atoms in total. The highest BCUT2D eigenvalue weighted by atomic mass is 32.2. The molecule has 7 heteroatoms. The largest absolute Gasteiger partial charge is 0.221 e. The van der Waals surface area contributed by atoms with E-state index in [9.17, 15) is 8.78 Å². The topological polar surface area (TPSA) is 43.6 Å². The molecule has 21 heavy (non-hydrogen) atoms. The molecular weight excluding hydrogens is 294 g/mol. The summed E-state index contributed by atoms with van der Waals surface area (Å²) in [7, 11) is 0. The van der Waals surface area contributed by atoms with Crippen LogP contribution in [0.15, 0.2) is 53.8 Å². The smallest absolute Gasteiger partial charge is 0.175 e. The van der Waals surface area contributed by atoms with Crippen LogP contribution >= 0.6 is 11.8 Å². The number of thioether (sulfide) groups is 1. The van der Waals surface area contributed by atoms with Gasteiger partial charge in [0.05, 0.1) is 0 Å². The van der Waals surface area contributed by atoms with Gasteiger partial charge in [-0.1, -0.05) is 17.8 Å². The van der Waals surface area contributed by atoms with E-state index in [4.69, 9.17) is 0 Å². The van der Waals surface area contributed by atoms with Gasteiger partial charge in [0.15, 0.2) is 17.5 Å². The highest BCUT2D eigenvalue weighted by Crippen LogP contribution is 2.21. The van der Waals surface area contributed by atoms with E-state index in [1.807, 2.05) is 6.07 Å². The molecule has 0 bridgehead atoms. The van der Waals surface area contributed by atoms with Crippen molar-refractivity contribution >= 4 is 11.8 Å². The van der Waals surface area contributed by atoms with Gasteiger partial charge in [0.25, 0.3) is 0 Å². The van der Waals surface area contributed by atoms with Crippen LogP contribution in [0.4, 0.5) is 8.78 Å². The molecule has 0 atom stereocenters. The molecule has 3 aromatic rings. The normalized spacial score (nSPS) is 10.8. The molecule has 0 amide bonds. The summed E-state index contributed by atoms with van der Waals surface area (Å²) in [5.41, 5.74) is 0.692. The average Bonchev–Trinajstić information content (AvgIpc) is 3.03. The number of hydrogen-bond acceptors (Lipinski definition) is 4. The summed E-state index contributed by atoms with van der Waals surface area (Å²) < 4.78 is 27.5. The Morgan fingerprint density at radius 1 is 1.05 bits per heavy atom. The Labute approximate surface area is 123 Å². The first-order valence-electron chi connectivity index (χ1n) is 6.13. The Balaban J connectivity index is 1.66. The van der Waals surface area contributed by atoms with Gasteiger partial charge in [0.2, 0.25) is 0 Å². The molecule has 3 rings (SSSR count). The van der Waals surface area contributed by atoms with Crippen molar-refractivity contribution in [2.24, 2.45) is 0 Å². The van der Waals surface area contributed by atoms with Crippen LogP contribution in [0.1, 0.15) is 5.56 Å². The van der Waals surface area contributed by atoms with Gasteiger partial charge < -0.3 is 0 Å². The quantitative estimate of drug-likeness (QED) is 0.694. The molecule has 0 spiro atoms. The first kappa shape index (κ1) is 13.7. The highest BCUT2D eigenvalue weighted by molar-refractivity contribution is 7.98. The number of nitrogens with zero attached hydrogens (tertiary/aromatic N) is 4. The maximum absolute atomic E-state index is 13.1. The molecule has 0 fully saturated rings. The SMILES string of the molecule is Fc1ccc(CSc2ccc(-n3cccn3)nn2)cc1F. The van der Waals surface area contributed by atoms with Crippen LogP contribution in [0, 0.1) is 11.6 Å². The van der Waals surface area contributed by atoms with Crippen LogP contribution in [-0.2, 0) is 5.75 Å². The predicted octanol–water partition coefficient (Wildman–Crippen LogP) is 3.23. The predicted molar refractivity (Wildman–Crippen MR) is 75.1 cm³/mol. The zero-order valence-corrected chi connectivity index (χ0v) is 11.6. The summed E-state index contributed by atoms with van der Waals surface area (Å²) in [6.45, 7) is 0. The van der Waals surface area contributed by atoms with Crippen LogP contribution in [0.2, 0.25) is 0 Å². The lowest BCUT2D eigenvalue weighted by Gasteiger charge is -2.03. The fourth-order valence-electron chi connectivity index (χ4n) is 1.70. The lowest BCUT2D eigenvalue weighted by Crippen LogP contribution is -1.99. The second-order valence-corrected chi connectivity index (χ2v) is 5.21. The second-order valence-electron chi connectivity index (χ2n) is 4.22. The molecule has 0 saturated carbocycles. The van der Waals surface area contributed by atoms with Gasteiger partial charge in [-0.05, 0) is 35.9 Å².